The highest BCUT2D eigenvalue weighted by Crippen LogP contribution is 2.05. The minimum absolute atomic E-state index is 0.0712. The van der Waals surface area contributed by atoms with Crippen molar-refractivity contribution in [2.75, 3.05) is 0 Å². The van der Waals surface area contributed by atoms with Crippen LogP contribution in [0.15, 0.2) is 38.2 Å². The predicted octanol–water partition coefficient (Wildman–Crippen LogP) is 1.96. The molecule has 0 N–H and O–H groups in total. The molecule has 0 aliphatic rings. The van der Waals surface area contributed by atoms with Crippen LogP contribution in [-0.2, 0) is 6.54 Å². The maximum Gasteiger partial charge on any atom is 0.265 e. The predicted molar refractivity (Wildman–Crippen MR) is 58.7 cm³/mol. The molecule has 0 aromatic carbocycles. The third-order valence-corrected chi connectivity index (χ3v) is 2.59. The zero-order chi connectivity index (χ0) is 10.8. The molecule has 0 amide bonds. The Labute approximate surface area is 94.6 Å². The van der Waals surface area contributed by atoms with E-state index >= 15 is 0 Å². The molecule has 0 saturated carbocycles. The normalized spacial score (nSPS) is 10.5. The molecule has 0 aliphatic carbocycles. The summed E-state index contributed by atoms with van der Waals surface area (Å²) in [5.74, 6) is 0.744. The zero-order valence-corrected chi connectivity index (χ0v) is 9.69. The number of hydrogen-bond acceptors (Lipinski definition) is 3. The molecule has 0 unspecified atom stereocenters. The van der Waals surface area contributed by atoms with Crippen molar-refractivity contribution in [3.8, 4) is 0 Å². The number of rotatable bonds is 2. The van der Waals surface area contributed by atoms with Crippen molar-refractivity contribution >= 4 is 15.9 Å². The largest absolute Gasteiger partial charge is 0.361 e. The molecule has 0 radical (unpaired) electrons. The summed E-state index contributed by atoms with van der Waals surface area (Å²) in [7, 11) is 0. The monoisotopic (exact) mass is 268 g/mol. The fourth-order valence-corrected chi connectivity index (χ4v) is 1.68. The molecule has 2 aromatic rings. The molecule has 2 heterocycles. The van der Waals surface area contributed by atoms with Gasteiger partial charge in [0.05, 0.1) is 11.0 Å². The maximum atomic E-state index is 11.6. The maximum absolute atomic E-state index is 11.6. The van der Waals surface area contributed by atoms with Crippen molar-refractivity contribution in [2.45, 2.75) is 13.5 Å². The first-order valence-corrected chi connectivity index (χ1v) is 5.23. The van der Waals surface area contributed by atoms with E-state index in [4.69, 9.17) is 4.52 Å². The van der Waals surface area contributed by atoms with Gasteiger partial charge in [0.2, 0.25) is 0 Å². The fraction of sp³-hybridized carbons (Fsp3) is 0.200. The van der Waals surface area contributed by atoms with Gasteiger partial charge in [-0.3, -0.25) is 4.79 Å². The fourth-order valence-electron chi connectivity index (χ4n) is 1.30. The summed E-state index contributed by atoms with van der Waals surface area (Å²) in [6.07, 6.45) is 1.72. The minimum atomic E-state index is -0.0712. The number of hydrogen-bond donors (Lipinski definition) is 0. The molecule has 15 heavy (non-hydrogen) atoms. The van der Waals surface area contributed by atoms with Crippen LogP contribution in [0.4, 0.5) is 0 Å². The van der Waals surface area contributed by atoms with Crippen molar-refractivity contribution in [1.82, 2.24) is 9.72 Å². The molecule has 0 aliphatic heterocycles. The van der Waals surface area contributed by atoms with Gasteiger partial charge in [-0.2, -0.15) is 0 Å². The van der Waals surface area contributed by atoms with Crippen molar-refractivity contribution in [2.24, 2.45) is 0 Å². The lowest BCUT2D eigenvalue weighted by Gasteiger charge is -2.01. The molecule has 0 bridgehead atoms. The van der Waals surface area contributed by atoms with Gasteiger partial charge in [-0.25, -0.2) is 0 Å². The van der Waals surface area contributed by atoms with E-state index in [0.29, 0.717) is 11.0 Å². The third kappa shape index (κ3) is 2.18. The Kier molecular flexibility index (Phi) is 2.73. The molecule has 2 rings (SSSR count). The molecule has 0 spiro atoms. The number of aromatic nitrogens is 2. The van der Waals surface area contributed by atoms with Crippen LogP contribution < -0.4 is 5.56 Å². The van der Waals surface area contributed by atoms with Crippen LogP contribution in [0.25, 0.3) is 0 Å². The van der Waals surface area contributed by atoms with Gasteiger partial charge in [0.1, 0.15) is 11.5 Å². The van der Waals surface area contributed by atoms with Gasteiger partial charge in [-0.1, -0.05) is 5.16 Å². The van der Waals surface area contributed by atoms with Crippen molar-refractivity contribution < 1.29 is 4.52 Å². The van der Waals surface area contributed by atoms with Gasteiger partial charge < -0.3 is 9.09 Å². The van der Waals surface area contributed by atoms with Crippen LogP contribution in [0.2, 0.25) is 0 Å². The van der Waals surface area contributed by atoms with E-state index in [0.717, 1.165) is 11.5 Å². The summed E-state index contributed by atoms with van der Waals surface area (Å²) in [5.41, 5.74) is 0.672. The average molecular weight is 269 g/mol. The molecule has 5 heteroatoms. The lowest BCUT2D eigenvalue weighted by molar-refractivity contribution is 0.388. The average Bonchev–Trinajstić information content (AvgIpc) is 2.59. The van der Waals surface area contributed by atoms with Gasteiger partial charge >= 0.3 is 0 Å². The van der Waals surface area contributed by atoms with E-state index in [1.807, 2.05) is 13.0 Å². The first kappa shape index (κ1) is 10.2. The molecule has 0 atom stereocenters. The SMILES string of the molecule is Cc1cc(Cn2cccc(Br)c2=O)no1. The van der Waals surface area contributed by atoms with E-state index in [1.165, 1.54) is 0 Å². The standard InChI is InChI=1S/C10H9BrN2O2/c1-7-5-8(12-15-7)6-13-4-2-3-9(11)10(13)14/h2-5H,6H2,1H3. The second kappa shape index (κ2) is 4.02. The van der Waals surface area contributed by atoms with Gasteiger partial charge in [0.25, 0.3) is 5.56 Å². The van der Waals surface area contributed by atoms with Crippen molar-refractivity contribution in [3.05, 3.63) is 50.7 Å². The second-order valence-corrected chi connectivity index (χ2v) is 4.07. The summed E-state index contributed by atoms with van der Waals surface area (Å²) in [6, 6.07) is 5.33. The van der Waals surface area contributed by atoms with Crippen LogP contribution in [0, 0.1) is 6.92 Å². The van der Waals surface area contributed by atoms with Crippen LogP contribution in [-0.4, -0.2) is 9.72 Å². The molecular weight excluding hydrogens is 260 g/mol. The topological polar surface area (TPSA) is 48.0 Å². The molecular formula is C10H9BrN2O2. The number of nitrogens with zero attached hydrogens (tertiary/aromatic N) is 2. The first-order valence-electron chi connectivity index (χ1n) is 4.44. The first-order chi connectivity index (χ1) is 7.16. The Morgan fingerprint density at radius 2 is 2.40 bits per heavy atom. The summed E-state index contributed by atoms with van der Waals surface area (Å²) >= 11 is 3.19. The van der Waals surface area contributed by atoms with Gasteiger partial charge in [0.15, 0.2) is 0 Å². The van der Waals surface area contributed by atoms with Crippen LogP contribution in [0.1, 0.15) is 11.5 Å². The Morgan fingerprint density at radius 1 is 1.60 bits per heavy atom. The number of aryl methyl sites for hydroxylation is 1. The lowest BCUT2D eigenvalue weighted by atomic mass is 10.3. The molecule has 0 saturated heterocycles. The number of pyridine rings is 1. The summed E-state index contributed by atoms with van der Waals surface area (Å²) in [6.45, 7) is 2.25. The summed E-state index contributed by atoms with van der Waals surface area (Å²) in [4.78, 5) is 11.6. The smallest absolute Gasteiger partial charge is 0.265 e. The van der Waals surface area contributed by atoms with E-state index < -0.39 is 0 Å². The summed E-state index contributed by atoms with van der Waals surface area (Å²) in [5, 5.41) is 3.83. The van der Waals surface area contributed by atoms with Gasteiger partial charge in [-0.15, -0.1) is 0 Å². The van der Waals surface area contributed by atoms with E-state index in [2.05, 4.69) is 21.1 Å². The summed E-state index contributed by atoms with van der Waals surface area (Å²) < 4.78 is 7.05. The van der Waals surface area contributed by atoms with E-state index in [-0.39, 0.29) is 5.56 Å². The van der Waals surface area contributed by atoms with Crippen LogP contribution in [0.3, 0.4) is 0 Å². The highest BCUT2D eigenvalue weighted by Gasteiger charge is 2.04. The molecule has 2 aromatic heterocycles. The zero-order valence-electron chi connectivity index (χ0n) is 8.11. The van der Waals surface area contributed by atoms with Crippen molar-refractivity contribution in [1.29, 1.82) is 0 Å². The Hall–Kier alpha value is -1.36. The highest BCUT2D eigenvalue weighted by atomic mass is 79.9. The Morgan fingerprint density at radius 3 is 3.07 bits per heavy atom. The van der Waals surface area contributed by atoms with Crippen molar-refractivity contribution in [3.63, 3.8) is 0 Å². The van der Waals surface area contributed by atoms with Gasteiger partial charge in [0, 0.05) is 12.3 Å². The minimum Gasteiger partial charge on any atom is -0.361 e. The van der Waals surface area contributed by atoms with E-state index in [1.54, 1.807) is 22.9 Å². The van der Waals surface area contributed by atoms with Gasteiger partial charge in [-0.05, 0) is 35.0 Å². The van der Waals surface area contributed by atoms with Crippen LogP contribution in [0.5, 0.6) is 0 Å². The second-order valence-electron chi connectivity index (χ2n) is 3.22. The molecule has 0 fully saturated rings. The quantitative estimate of drug-likeness (QED) is 0.837. The number of halogens is 1. The lowest BCUT2D eigenvalue weighted by Crippen LogP contribution is -2.20. The van der Waals surface area contributed by atoms with E-state index in [9.17, 15) is 4.79 Å². The third-order valence-electron chi connectivity index (χ3n) is 1.98. The molecule has 4 nitrogen and oxygen atoms in total. The van der Waals surface area contributed by atoms with Crippen LogP contribution >= 0.6 is 15.9 Å². The Balaban J connectivity index is 2.32. The molecule has 78 valence electrons. The highest BCUT2D eigenvalue weighted by molar-refractivity contribution is 9.10. The Bertz CT molecular complexity index is 530.